The Morgan fingerprint density at radius 3 is 2.93 bits per heavy atom. The summed E-state index contributed by atoms with van der Waals surface area (Å²) < 4.78 is 18.7. The minimum absolute atomic E-state index is 0.0438. The number of alkyl halides is 1. The van der Waals surface area contributed by atoms with Crippen LogP contribution in [0.15, 0.2) is 29.1 Å². The molecule has 1 aliphatic heterocycles. The van der Waals surface area contributed by atoms with Crippen LogP contribution in [0.5, 0.6) is 0 Å². The summed E-state index contributed by atoms with van der Waals surface area (Å²) in [7, 11) is 0. The lowest BCUT2D eigenvalue weighted by atomic mass is 9.86. The molecule has 146 valence electrons. The van der Waals surface area contributed by atoms with Crippen LogP contribution in [0.1, 0.15) is 49.8 Å². The van der Waals surface area contributed by atoms with Gasteiger partial charge >= 0.3 is 0 Å². The first kappa shape index (κ1) is 18.7. The van der Waals surface area contributed by atoms with Crippen molar-refractivity contribution in [1.82, 2.24) is 20.2 Å². The Kier molecular flexibility index (Phi) is 4.70. The van der Waals surface area contributed by atoms with Crippen LogP contribution in [0.2, 0.25) is 0 Å². The van der Waals surface area contributed by atoms with Crippen molar-refractivity contribution in [2.45, 2.75) is 46.3 Å². The summed E-state index contributed by atoms with van der Waals surface area (Å²) in [6, 6.07) is 1.96. The first-order valence-electron chi connectivity index (χ1n) is 9.02. The van der Waals surface area contributed by atoms with Gasteiger partial charge in [0.25, 0.3) is 11.8 Å². The van der Waals surface area contributed by atoms with Gasteiger partial charge in [0.1, 0.15) is 9.88 Å². The molecule has 0 spiro atoms. The first-order chi connectivity index (χ1) is 13.3. The summed E-state index contributed by atoms with van der Waals surface area (Å²) in [6.45, 7) is 5.60. The number of carbonyl (C=O) groups is 1. The summed E-state index contributed by atoms with van der Waals surface area (Å²) >= 11 is 1.34. The molecule has 28 heavy (non-hydrogen) atoms. The Morgan fingerprint density at radius 2 is 2.18 bits per heavy atom. The van der Waals surface area contributed by atoms with Crippen LogP contribution in [0.25, 0.3) is 10.8 Å². The summed E-state index contributed by atoms with van der Waals surface area (Å²) in [5.74, 6) is 0.213. The zero-order valence-corrected chi connectivity index (χ0v) is 16.7. The second-order valence-corrected chi connectivity index (χ2v) is 8.57. The minimum atomic E-state index is -1.32. The predicted molar refractivity (Wildman–Crippen MR) is 102 cm³/mol. The molecule has 4 heterocycles. The Morgan fingerprint density at radius 1 is 1.36 bits per heavy atom. The van der Waals surface area contributed by atoms with Gasteiger partial charge in [-0.3, -0.25) is 9.78 Å². The van der Waals surface area contributed by atoms with E-state index in [1.165, 1.54) is 18.3 Å². The Labute approximate surface area is 165 Å². The van der Waals surface area contributed by atoms with Crippen LogP contribution in [-0.4, -0.2) is 26.1 Å². The van der Waals surface area contributed by atoms with Gasteiger partial charge in [-0.05, 0) is 31.4 Å². The number of halogens is 1. The first-order valence-corrected chi connectivity index (χ1v) is 9.84. The van der Waals surface area contributed by atoms with E-state index in [1.54, 1.807) is 23.5 Å². The summed E-state index contributed by atoms with van der Waals surface area (Å²) in [5, 5.41) is 8.31. The highest BCUT2D eigenvalue weighted by Crippen LogP contribution is 2.37. The molecule has 7 nitrogen and oxygen atoms in total. The lowest BCUT2D eigenvalue weighted by Gasteiger charge is -2.28. The van der Waals surface area contributed by atoms with Crippen molar-refractivity contribution >= 4 is 22.9 Å². The molecule has 0 saturated carbocycles. The highest BCUT2D eigenvalue weighted by Gasteiger charge is 2.36. The highest BCUT2D eigenvalue weighted by molar-refractivity contribution is 7.15. The number of anilines is 1. The van der Waals surface area contributed by atoms with E-state index < -0.39 is 11.6 Å². The van der Waals surface area contributed by atoms with Gasteiger partial charge < -0.3 is 9.32 Å². The van der Waals surface area contributed by atoms with Crippen molar-refractivity contribution in [1.29, 1.82) is 0 Å². The number of carbonyl (C=O) groups excluding carboxylic acids is 1. The minimum Gasteiger partial charge on any atom is -0.417 e. The molecule has 0 bridgehead atoms. The topological polar surface area (TPSA) is 85.0 Å². The van der Waals surface area contributed by atoms with Crippen LogP contribution < -0.4 is 4.90 Å². The van der Waals surface area contributed by atoms with Gasteiger partial charge in [-0.2, -0.15) is 0 Å². The van der Waals surface area contributed by atoms with E-state index in [2.05, 4.69) is 20.2 Å². The van der Waals surface area contributed by atoms with Crippen molar-refractivity contribution in [2.24, 2.45) is 5.41 Å². The molecule has 3 aromatic rings. The van der Waals surface area contributed by atoms with Crippen molar-refractivity contribution in [3.8, 4) is 10.8 Å². The van der Waals surface area contributed by atoms with Crippen molar-refractivity contribution in [3.05, 3.63) is 41.1 Å². The van der Waals surface area contributed by atoms with Gasteiger partial charge in [0.05, 0.1) is 24.6 Å². The monoisotopic (exact) mass is 401 g/mol. The van der Waals surface area contributed by atoms with Crippen LogP contribution >= 0.6 is 11.3 Å². The van der Waals surface area contributed by atoms with Gasteiger partial charge in [0, 0.05) is 11.6 Å². The van der Waals surface area contributed by atoms with E-state index in [0.717, 1.165) is 29.1 Å². The van der Waals surface area contributed by atoms with Gasteiger partial charge in [0.2, 0.25) is 5.91 Å². The van der Waals surface area contributed by atoms with E-state index in [9.17, 15) is 9.18 Å². The normalized spacial score (nSPS) is 17.3. The molecule has 0 aromatic carbocycles. The number of aromatic nitrogens is 4. The van der Waals surface area contributed by atoms with E-state index in [-0.39, 0.29) is 17.7 Å². The van der Waals surface area contributed by atoms with Crippen LogP contribution in [0, 0.1) is 5.41 Å². The third-order valence-corrected chi connectivity index (χ3v) is 5.83. The Balaban J connectivity index is 1.64. The molecule has 9 heteroatoms. The number of pyridine rings is 1. The average molecular weight is 401 g/mol. The molecule has 1 amide bonds. The van der Waals surface area contributed by atoms with Crippen LogP contribution in [-0.2, 0) is 17.8 Å². The largest absolute Gasteiger partial charge is 0.417 e. The Hall–Kier alpha value is -2.68. The molecule has 1 unspecified atom stereocenters. The predicted octanol–water partition coefficient (Wildman–Crippen LogP) is 4.12. The number of hydrogen-bond donors (Lipinski definition) is 0. The smallest absolute Gasteiger partial charge is 0.259 e. The van der Waals surface area contributed by atoms with Gasteiger partial charge in [-0.1, -0.05) is 13.8 Å². The fraction of sp³-hybridized carbons (Fsp3) is 0.421. The summed E-state index contributed by atoms with van der Waals surface area (Å²) in [4.78, 5) is 24.2. The third kappa shape index (κ3) is 3.42. The molecule has 3 aromatic heterocycles. The zero-order valence-electron chi connectivity index (χ0n) is 15.8. The molecule has 0 saturated heterocycles. The maximum Gasteiger partial charge on any atom is 0.259 e. The zero-order chi connectivity index (χ0) is 19.9. The van der Waals surface area contributed by atoms with Crippen molar-refractivity contribution < 1.29 is 13.6 Å². The standard InChI is InChI=1S/C19H20FN5O2S/c1-11(20)16-23-24-17(27-16)14-9-22-15(28-14)10-25-13-8-21-7-5-12(13)4-6-19(2,3)18(25)26/h5,7-9,11H,4,6,10H2,1-3H3. The molecular formula is C19H20FN5O2S. The van der Waals surface area contributed by atoms with Gasteiger partial charge in [0.15, 0.2) is 6.17 Å². The molecule has 0 fully saturated rings. The second-order valence-electron chi connectivity index (χ2n) is 7.46. The van der Waals surface area contributed by atoms with E-state index in [1.807, 2.05) is 19.9 Å². The van der Waals surface area contributed by atoms with E-state index in [4.69, 9.17) is 4.42 Å². The fourth-order valence-corrected chi connectivity index (χ4v) is 4.00. The number of thiazole rings is 1. The Bertz CT molecular complexity index is 1010. The lowest BCUT2D eigenvalue weighted by Crippen LogP contribution is -2.39. The number of rotatable bonds is 4. The molecule has 0 N–H and O–H groups in total. The lowest BCUT2D eigenvalue weighted by molar-refractivity contribution is -0.126. The number of aryl methyl sites for hydroxylation is 1. The fourth-order valence-electron chi connectivity index (χ4n) is 3.17. The molecule has 1 atom stereocenters. The molecule has 0 radical (unpaired) electrons. The quantitative estimate of drug-likeness (QED) is 0.654. The third-order valence-electron chi connectivity index (χ3n) is 4.86. The van der Waals surface area contributed by atoms with Gasteiger partial charge in [-0.25, -0.2) is 9.37 Å². The van der Waals surface area contributed by atoms with Crippen LogP contribution in [0.3, 0.4) is 0 Å². The SMILES string of the molecule is CC(F)c1nnc(-c2cnc(CN3C(=O)C(C)(C)CCc4ccncc43)s2)o1. The van der Waals surface area contributed by atoms with E-state index >= 15 is 0 Å². The van der Waals surface area contributed by atoms with Gasteiger partial charge in [-0.15, -0.1) is 21.5 Å². The van der Waals surface area contributed by atoms with Crippen LogP contribution in [0.4, 0.5) is 10.1 Å². The maximum atomic E-state index is 13.3. The number of amides is 1. The number of nitrogens with zero attached hydrogens (tertiary/aromatic N) is 5. The molecule has 1 aliphatic rings. The second kappa shape index (κ2) is 7.05. The van der Waals surface area contributed by atoms with E-state index in [0.29, 0.717) is 11.4 Å². The summed E-state index contributed by atoms with van der Waals surface area (Å²) in [6.07, 6.45) is 5.36. The number of hydrogen-bond acceptors (Lipinski definition) is 7. The maximum absolute atomic E-state index is 13.3. The molecule has 0 aliphatic carbocycles. The van der Waals surface area contributed by atoms with Crippen molar-refractivity contribution in [3.63, 3.8) is 0 Å². The molecular weight excluding hydrogens is 381 g/mol. The molecule has 4 rings (SSSR count). The number of fused-ring (bicyclic) bond motifs is 1. The summed E-state index contributed by atoms with van der Waals surface area (Å²) in [5.41, 5.74) is 1.45. The highest BCUT2D eigenvalue weighted by atomic mass is 32.1. The average Bonchev–Trinajstić information content (AvgIpc) is 3.32. The van der Waals surface area contributed by atoms with Crippen molar-refractivity contribution in [2.75, 3.05) is 4.90 Å².